The van der Waals surface area contributed by atoms with E-state index < -0.39 is 29.9 Å². The van der Waals surface area contributed by atoms with Crippen LogP contribution in [-0.4, -0.2) is 21.6 Å². The van der Waals surface area contributed by atoms with Gasteiger partial charge < -0.3 is 0 Å². The van der Waals surface area contributed by atoms with Crippen molar-refractivity contribution in [3.63, 3.8) is 0 Å². The molecule has 1 aromatic rings. The van der Waals surface area contributed by atoms with Crippen molar-refractivity contribution in [2.24, 2.45) is 0 Å². The molecule has 1 N–H and O–H groups in total. The molecule has 1 aromatic carbocycles. The Hall–Kier alpha value is -0.630. The fourth-order valence-electron chi connectivity index (χ4n) is 1.40. The van der Waals surface area contributed by atoms with Gasteiger partial charge in [-0.15, -0.1) is 0 Å². The zero-order valence-electron chi connectivity index (χ0n) is 11.7. The van der Waals surface area contributed by atoms with Crippen LogP contribution in [0.5, 0.6) is 0 Å². The van der Waals surface area contributed by atoms with Crippen LogP contribution in [0.2, 0.25) is 0 Å². The molecule has 0 amide bonds. The zero-order valence-corrected chi connectivity index (χ0v) is 14.1. The largest absolute Gasteiger partial charge is 0.261 e. The Balaban J connectivity index is 2.98. The lowest BCUT2D eigenvalue weighted by Gasteiger charge is -2.23. The topological polar surface area (TPSA) is 80.3 Å². The Morgan fingerprint density at radius 2 is 1.50 bits per heavy atom. The van der Waals surface area contributed by atoms with Crippen LogP contribution in [0.3, 0.4) is 0 Å². The Morgan fingerprint density at radius 1 is 1.05 bits per heavy atom. The Kier molecular flexibility index (Phi) is 4.91. The molecule has 0 aromatic heterocycles. The smallest absolute Gasteiger partial charge is 0.212 e. The molecule has 0 spiro atoms. The summed E-state index contributed by atoms with van der Waals surface area (Å²) in [7, 11) is -2.03. The van der Waals surface area contributed by atoms with Crippen LogP contribution in [0.25, 0.3) is 0 Å². The Bertz CT molecular complexity index is 673. The third-order valence-electron chi connectivity index (χ3n) is 2.80. The van der Waals surface area contributed by atoms with Gasteiger partial charge in [0, 0.05) is 16.7 Å². The number of hydrogen-bond acceptors (Lipinski definition) is 4. The van der Waals surface area contributed by atoms with E-state index in [1.54, 1.807) is 27.7 Å². The molecule has 0 fully saturated rings. The summed E-state index contributed by atoms with van der Waals surface area (Å²) in [6.45, 7) is 6.50. The molecular weight excluding hydrogens is 322 g/mol. The highest BCUT2D eigenvalue weighted by Crippen LogP contribution is 2.22. The van der Waals surface area contributed by atoms with Crippen molar-refractivity contribution in [3.8, 4) is 0 Å². The molecular formula is C12H18ClNO4S2. The van der Waals surface area contributed by atoms with Crippen LogP contribution in [0, 0.1) is 0 Å². The molecule has 0 radical (unpaired) electrons. The maximum atomic E-state index is 12.0. The van der Waals surface area contributed by atoms with Gasteiger partial charge in [-0.25, -0.2) is 21.6 Å². The highest BCUT2D eigenvalue weighted by molar-refractivity contribution is 8.13. The summed E-state index contributed by atoms with van der Waals surface area (Å²) < 4.78 is 48.0. The molecule has 8 heteroatoms. The molecule has 0 aliphatic carbocycles. The summed E-state index contributed by atoms with van der Waals surface area (Å²) in [4.78, 5) is -0.0196. The van der Waals surface area contributed by atoms with Gasteiger partial charge in [-0.3, -0.25) is 0 Å². The van der Waals surface area contributed by atoms with E-state index in [0.717, 1.165) is 0 Å². The van der Waals surface area contributed by atoms with Crippen molar-refractivity contribution in [3.05, 3.63) is 29.8 Å². The molecule has 1 atom stereocenters. The predicted molar refractivity (Wildman–Crippen MR) is 79.7 cm³/mol. The zero-order chi connectivity index (χ0) is 15.8. The molecule has 0 saturated heterocycles. The highest BCUT2D eigenvalue weighted by atomic mass is 35.7. The molecule has 114 valence electrons. The standard InChI is InChI=1S/C12H18ClNO4S2/c1-9(14-20(17,18)12(2,3)4)10-5-7-11(8-6-10)19(13,15)16/h5-9,14H,1-4H3. The average Bonchev–Trinajstić information content (AvgIpc) is 2.26. The first-order chi connectivity index (χ1) is 8.84. The molecule has 1 rings (SSSR count). The number of halogens is 1. The molecule has 0 heterocycles. The van der Waals surface area contributed by atoms with Gasteiger partial charge in [0.25, 0.3) is 9.05 Å². The minimum atomic E-state index is -3.77. The van der Waals surface area contributed by atoms with Gasteiger partial charge in [0.05, 0.1) is 9.64 Å². The van der Waals surface area contributed by atoms with Gasteiger partial charge in [-0.05, 0) is 45.4 Å². The summed E-state index contributed by atoms with van der Waals surface area (Å²) in [6.07, 6.45) is 0. The fraction of sp³-hybridized carbons (Fsp3) is 0.500. The molecule has 0 saturated carbocycles. The van der Waals surface area contributed by atoms with Crippen molar-refractivity contribution < 1.29 is 16.8 Å². The Labute approximate surface area is 124 Å². The lowest BCUT2D eigenvalue weighted by atomic mass is 10.1. The first-order valence-electron chi connectivity index (χ1n) is 5.91. The van der Waals surface area contributed by atoms with E-state index in [0.29, 0.717) is 5.56 Å². The van der Waals surface area contributed by atoms with Crippen molar-refractivity contribution in [2.75, 3.05) is 0 Å². The maximum Gasteiger partial charge on any atom is 0.261 e. The van der Waals surface area contributed by atoms with E-state index in [-0.39, 0.29) is 4.90 Å². The second kappa shape index (κ2) is 5.63. The van der Waals surface area contributed by atoms with Gasteiger partial charge >= 0.3 is 0 Å². The van der Waals surface area contributed by atoms with Crippen LogP contribution in [0.1, 0.15) is 39.3 Å². The van der Waals surface area contributed by atoms with Crippen LogP contribution in [0.4, 0.5) is 0 Å². The summed E-state index contributed by atoms with van der Waals surface area (Å²) in [6, 6.07) is 5.29. The molecule has 0 aliphatic rings. The molecule has 20 heavy (non-hydrogen) atoms. The number of sulfonamides is 1. The van der Waals surface area contributed by atoms with E-state index >= 15 is 0 Å². The minimum Gasteiger partial charge on any atom is -0.212 e. The van der Waals surface area contributed by atoms with E-state index in [4.69, 9.17) is 10.7 Å². The van der Waals surface area contributed by atoms with E-state index in [1.165, 1.54) is 24.3 Å². The van der Waals surface area contributed by atoms with Gasteiger partial charge in [-0.2, -0.15) is 0 Å². The number of benzene rings is 1. The lowest BCUT2D eigenvalue weighted by molar-refractivity contribution is 0.532. The average molecular weight is 340 g/mol. The van der Waals surface area contributed by atoms with Crippen LogP contribution in [-0.2, 0) is 19.1 Å². The van der Waals surface area contributed by atoms with Crippen LogP contribution >= 0.6 is 10.7 Å². The monoisotopic (exact) mass is 339 g/mol. The molecule has 1 unspecified atom stereocenters. The summed E-state index contributed by atoms with van der Waals surface area (Å²) >= 11 is 0. The predicted octanol–water partition coefficient (Wildman–Crippen LogP) is 2.39. The summed E-state index contributed by atoms with van der Waals surface area (Å²) in [5, 5.41) is 0. The first-order valence-corrected chi connectivity index (χ1v) is 9.70. The lowest BCUT2D eigenvalue weighted by Crippen LogP contribution is -2.40. The van der Waals surface area contributed by atoms with Crippen molar-refractivity contribution in [1.82, 2.24) is 4.72 Å². The number of nitrogens with one attached hydrogen (secondary N) is 1. The third kappa shape index (κ3) is 4.18. The van der Waals surface area contributed by atoms with Gasteiger partial charge in [0.1, 0.15) is 0 Å². The van der Waals surface area contributed by atoms with Crippen molar-refractivity contribution in [2.45, 2.75) is 43.4 Å². The minimum absolute atomic E-state index is 0.0196. The number of hydrogen-bond donors (Lipinski definition) is 1. The summed E-state index contributed by atoms with van der Waals surface area (Å²) in [5.41, 5.74) is 0.655. The SMILES string of the molecule is CC(NS(=O)(=O)C(C)(C)C)c1ccc(S(=O)(=O)Cl)cc1. The second-order valence-electron chi connectivity index (χ2n) is 5.46. The van der Waals surface area contributed by atoms with Gasteiger partial charge in [0.15, 0.2) is 0 Å². The normalized spacial score (nSPS) is 15.1. The van der Waals surface area contributed by atoms with Gasteiger partial charge in [-0.1, -0.05) is 12.1 Å². The van der Waals surface area contributed by atoms with Crippen molar-refractivity contribution >= 4 is 29.8 Å². The van der Waals surface area contributed by atoms with E-state index in [1.807, 2.05) is 0 Å². The highest BCUT2D eigenvalue weighted by Gasteiger charge is 2.30. The van der Waals surface area contributed by atoms with E-state index in [9.17, 15) is 16.8 Å². The fourth-order valence-corrected chi connectivity index (χ4v) is 3.12. The second-order valence-corrected chi connectivity index (χ2v) is 10.5. The number of rotatable bonds is 4. The molecule has 0 bridgehead atoms. The molecule has 5 nitrogen and oxygen atoms in total. The van der Waals surface area contributed by atoms with Gasteiger partial charge in [0.2, 0.25) is 10.0 Å². The maximum absolute atomic E-state index is 12.0. The summed E-state index contributed by atoms with van der Waals surface area (Å²) in [5.74, 6) is 0. The quantitative estimate of drug-likeness (QED) is 0.854. The third-order valence-corrected chi connectivity index (χ3v) is 6.45. The van der Waals surface area contributed by atoms with Crippen LogP contribution < -0.4 is 4.72 Å². The van der Waals surface area contributed by atoms with E-state index in [2.05, 4.69) is 4.72 Å². The molecule has 0 aliphatic heterocycles. The van der Waals surface area contributed by atoms with Crippen LogP contribution in [0.15, 0.2) is 29.2 Å². The first kappa shape index (κ1) is 17.4. The Morgan fingerprint density at radius 3 is 1.85 bits per heavy atom. The van der Waals surface area contributed by atoms with Crippen molar-refractivity contribution in [1.29, 1.82) is 0 Å².